The van der Waals surface area contributed by atoms with E-state index in [4.69, 9.17) is 5.26 Å². The van der Waals surface area contributed by atoms with E-state index in [2.05, 4.69) is 11.8 Å². The standard InChI is InChI=1S/C18H19FN2/c1-2-3-11-21(17-7-5-4-6-8-17)14-16-10-9-15(13-20)12-18(16)19/h4-10,12H,2-3,11,14H2,1H3. The number of hydrogen-bond acceptors (Lipinski definition) is 2. The summed E-state index contributed by atoms with van der Waals surface area (Å²) >= 11 is 0. The number of hydrogen-bond donors (Lipinski definition) is 0. The molecule has 0 saturated carbocycles. The average molecular weight is 282 g/mol. The molecule has 0 aliphatic carbocycles. The van der Waals surface area contributed by atoms with Gasteiger partial charge in [-0.3, -0.25) is 0 Å². The summed E-state index contributed by atoms with van der Waals surface area (Å²) in [6.45, 7) is 3.55. The van der Waals surface area contributed by atoms with Crippen LogP contribution < -0.4 is 4.90 Å². The summed E-state index contributed by atoms with van der Waals surface area (Å²) in [6, 6.07) is 16.7. The maximum atomic E-state index is 14.1. The van der Waals surface area contributed by atoms with Gasteiger partial charge < -0.3 is 4.90 Å². The summed E-state index contributed by atoms with van der Waals surface area (Å²) in [6.07, 6.45) is 2.16. The zero-order valence-electron chi connectivity index (χ0n) is 12.2. The summed E-state index contributed by atoms with van der Waals surface area (Å²) in [4.78, 5) is 2.17. The lowest BCUT2D eigenvalue weighted by molar-refractivity contribution is 0.600. The zero-order chi connectivity index (χ0) is 15.1. The summed E-state index contributed by atoms with van der Waals surface area (Å²) in [5.41, 5.74) is 2.07. The molecule has 0 radical (unpaired) electrons. The second-order valence-electron chi connectivity index (χ2n) is 5.03. The van der Waals surface area contributed by atoms with Crippen molar-refractivity contribution in [1.29, 1.82) is 5.26 Å². The Balaban J connectivity index is 2.21. The maximum Gasteiger partial charge on any atom is 0.129 e. The highest BCUT2D eigenvalue weighted by Gasteiger charge is 2.10. The lowest BCUT2D eigenvalue weighted by Crippen LogP contribution is -2.24. The van der Waals surface area contributed by atoms with E-state index in [1.54, 1.807) is 12.1 Å². The maximum absolute atomic E-state index is 14.1. The van der Waals surface area contributed by atoms with Gasteiger partial charge in [0.05, 0.1) is 11.6 Å². The third-order valence-corrected chi connectivity index (χ3v) is 3.45. The second-order valence-corrected chi connectivity index (χ2v) is 5.03. The minimum Gasteiger partial charge on any atom is -0.367 e. The van der Waals surface area contributed by atoms with E-state index in [1.165, 1.54) is 6.07 Å². The van der Waals surface area contributed by atoms with Crippen molar-refractivity contribution in [2.45, 2.75) is 26.3 Å². The van der Waals surface area contributed by atoms with Crippen LogP contribution in [0.3, 0.4) is 0 Å². The molecule has 0 bridgehead atoms. The Morgan fingerprint density at radius 2 is 1.90 bits per heavy atom. The number of rotatable bonds is 6. The van der Waals surface area contributed by atoms with Crippen LogP contribution in [-0.2, 0) is 6.54 Å². The molecule has 2 aromatic carbocycles. The van der Waals surface area contributed by atoms with Crippen molar-refractivity contribution in [3.05, 3.63) is 65.5 Å². The van der Waals surface area contributed by atoms with Crippen molar-refractivity contribution in [3.8, 4) is 6.07 Å². The molecule has 2 rings (SSSR count). The SMILES string of the molecule is CCCCN(Cc1ccc(C#N)cc1F)c1ccccc1. The van der Waals surface area contributed by atoms with Gasteiger partial charge in [-0.15, -0.1) is 0 Å². The van der Waals surface area contributed by atoms with Gasteiger partial charge in [-0.05, 0) is 30.7 Å². The minimum atomic E-state index is -0.313. The largest absolute Gasteiger partial charge is 0.367 e. The Morgan fingerprint density at radius 3 is 2.52 bits per heavy atom. The van der Waals surface area contributed by atoms with E-state index in [-0.39, 0.29) is 5.82 Å². The van der Waals surface area contributed by atoms with Gasteiger partial charge in [0.25, 0.3) is 0 Å². The monoisotopic (exact) mass is 282 g/mol. The Kier molecular flexibility index (Phi) is 5.34. The Labute approximate surface area is 125 Å². The molecule has 0 amide bonds. The van der Waals surface area contributed by atoms with Crippen LogP contribution in [0.5, 0.6) is 0 Å². The Hall–Kier alpha value is -2.34. The van der Waals surface area contributed by atoms with E-state index >= 15 is 0 Å². The first-order chi connectivity index (χ1) is 10.2. The number of anilines is 1. The normalized spacial score (nSPS) is 10.1. The molecule has 108 valence electrons. The van der Waals surface area contributed by atoms with Crippen LogP contribution in [0.25, 0.3) is 0 Å². The smallest absolute Gasteiger partial charge is 0.129 e. The second kappa shape index (κ2) is 7.44. The van der Waals surface area contributed by atoms with E-state index in [0.29, 0.717) is 17.7 Å². The topological polar surface area (TPSA) is 27.0 Å². The molecule has 0 unspecified atom stereocenters. The lowest BCUT2D eigenvalue weighted by atomic mass is 10.1. The summed E-state index contributed by atoms with van der Waals surface area (Å²) in [5.74, 6) is -0.313. The highest BCUT2D eigenvalue weighted by Crippen LogP contribution is 2.19. The van der Waals surface area contributed by atoms with Crippen molar-refractivity contribution < 1.29 is 4.39 Å². The molecule has 0 aliphatic rings. The van der Waals surface area contributed by atoms with Gasteiger partial charge in [0.15, 0.2) is 0 Å². The fourth-order valence-corrected chi connectivity index (χ4v) is 2.24. The van der Waals surface area contributed by atoms with Crippen molar-refractivity contribution in [2.75, 3.05) is 11.4 Å². The third-order valence-electron chi connectivity index (χ3n) is 3.45. The van der Waals surface area contributed by atoms with Crippen molar-refractivity contribution in [3.63, 3.8) is 0 Å². The fraction of sp³-hybridized carbons (Fsp3) is 0.278. The zero-order valence-corrected chi connectivity index (χ0v) is 12.2. The molecule has 3 heteroatoms. The van der Waals surface area contributed by atoms with Crippen LogP contribution >= 0.6 is 0 Å². The highest BCUT2D eigenvalue weighted by atomic mass is 19.1. The van der Waals surface area contributed by atoms with Crippen molar-refractivity contribution >= 4 is 5.69 Å². The predicted molar refractivity (Wildman–Crippen MR) is 83.5 cm³/mol. The van der Waals surface area contributed by atoms with Gasteiger partial charge in [0, 0.05) is 24.3 Å². The molecular weight excluding hydrogens is 263 g/mol. The number of nitriles is 1. The van der Waals surface area contributed by atoms with Crippen LogP contribution in [0.2, 0.25) is 0 Å². The van der Waals surface area contributed by atoms with Crippen molar-refractivity contribution in [2.24, 2.45) is 0 Å². The first-order valence-electron chi connectivity index (χ1n) is 7.23. The van der Waals surface area contributed by atoms with E-state index in [0.717, 1.165) is 25.1 Å². The first kappa shape index (κ1) is 15.1. The number of para-hydroxylation sites is 1. The van der Waals surface area contributed by atoms with Gasteiger partial charge in [-0.25, -0.2) is 4.39 Å². The van der Waals surface area contributed by atoms with Gasteiger partial charge in [-0.1, -0.05) is 37.6 Å². The molecule has 0 aliphatic heterocycles. The molecule has 2 nitrogen and oxygen atoms in total. The summed E-state index contributed by atoms with van der Waals surface area (Å²) in [7, 11) is 0. The number of unbranched alkanes of at least 4 members (excludes halogenated alkanes) is 1. The van der Waals surface area contributed by atoms with Gasteiger partial charge >= 0.3 is 0 Å². The molecule has 0 aromatic heterocycles. The molecule has 0 heterocycles. The summed E-state index contributed by atoms with van der Waals surface area (Å²) < 4.78 is 14.1. The lowest BCUT2D eigenvalue weighted by Gasteiger charge is -2.25. The third kappa shape index (κ3) is 4.06. The number of nitrogens with zero attached hydrogens (tertiary/aromatic N) is 2. The first-order valence-corrected chi connectivity index (χ1v) is 7.23. The number of benzene rings is 2. The molecule has 0 atom stereocenters. The molecule has 0 saturated heterocycles. The van der Waals surface area contributed by atoms with E-state index in [1.807, 2.05) is 36.4 Å². The van der Waals surface area contributed by atoms with Crippen molar-refractivity contribution in [1.82, 2.24) is 0 Å². The molecule has 21 heavy (non-hydrogen) atoms. The average Bonchev–Trinajstić information content (AvgIpc) is 2.53. The molecule has 0 N–H and O–H groups in total. The van der Waals surface area contributed by atoms with Gasteiger partial charge in [0.2, 0.25) is 0 Å². The number of halogens is 1. The summed E-state index contributed by atoms with van der Waals surface area (Å²) in [5, 5.41) is 8.80. The Morgan fingerprint density at radius 1 is 1.14 bits per heavy atom. The van der Waals surface area contributed by atoms with Gasteiger partial charge in [0.1, 0.15) is 5.82 Å². The van der Waals surface area contributed by atoms with Crippen LogP contribution in [-0.4, -0.2) is 6.54 Å². The highest BCUT2D eigenvalue weighted by molar-refractivity contribution is 5.47. The van der Waals surface area contributed by atoms with Gasteiger partial charge in [-0.2, -0.15) is 5.26 Å². The molecule has 2 aromatic rings. The molecular formula is C18H19FN2. The Bertz CT molecular complexity index is 617. The fourth-order valence-electron chi connectivity index (χ4n) is 2.24. The molecule has 0 fully saturated rings. The van der Waals surface area contributed by atoms with E-state index in [9.17, 15) is 4.39 Å². The minimum absolute atomic E-state index is 0.313. The quantitative estimate of drug-likeness (QED) is 0.779. The molecule has 0 spiro atoms. The van der Waals surface area contributed by atoms with Crippen LogP contribution in [0, 0.1) is 17.1 Å². The van der Waals surface area contributed by atoms with Crippen LogP contribution in [0.4, 0.5) is 10.1 Å². The van der Waals surface area contributed by atoms with Crippen LogP contribution in [0.1, 0.15) is 30.9 Å². The van der Waals surface area contributed by atoms with Crippen LogP contribution in [0.15, 0.2) is 48.5 Å². The van der Waals surface area contributed by atoms with E-state index < -0.39 is 0 Å². The predicted octanol–water partition coefficient (Wildman–Crippen LogP) is 4.50.